The zero-order valence-corrected chi connectivity index (χ0v) is 15.9. The van der Waals surface area contributed by atoms with E-state index in [4.69, 9.17) is 0 Å². The van der Waals surface area contributed by atoms with Crippen molar-refractivity contribution in [2.75, 3.05) is 5.75 Å². The molecule has 1 heterocycles. The zero-order chi connectivity index (χ0) is 16.3. The van der Waals surface area contributed by atoms with Crippen molar-refractivity contribution in [3.05, 3.63) is 0 Å². The van der Waals surface area contributed by atoms with Crippen LogP contribution < -0.4 is 4.72 Å². The quantitative estimate of drug-likeness (QED) is 0.685. The molecule has 1 aliphatic heterocycles. The first-order valence-corrected chi connectivity index (χ1v) is 10.4. The van der Waals surface area contributed by atoms with Crippen molar-refractivity contribution >= 4 is 40.9 Å². The molecule has 3 unspecified atom stereocenters. The number of carboxylic acid groups (broad SMARTS) is 1. The van der Waals surface area contributed by atoms with Crippen LogP contribution in [0.1, 0.15) is 53.9 Å². The third-order valence-corrected chi connectivity index (χ3v) is 8.98. The molecule has 0 spiro atoms. The van der Waals surface area contributed by atoms with Crippen molar-refractivity contribution in [3.8, 4) is 0 Å². The molecule has 2 N–H and O–H groups in total. The summed E-state index contributed by atoms with van der Waals surface area (Å²) >= 11 is 1.77. The van der Waals surface area contributed by atoms with Crippen LogP contribution in [0.15, 0.2) is 0 Å². The Bertz CT molecular complexity index is 362. The lowest BCUT2D eigenvalue weighted by molar-refractivity contribution is -0.137. The molecule has 1 aliphatic rings. The maximum Gasteiger partial charge on any atom is 0.331 e. The fraction of sp³-hybridized carbons (Fsp3) is 0.929. The highest BCUT2D eigenvalue weighted by Crippen LogP contribution is 2.52. The van der Waals surface area contributed by atoms with Gasteiger partial charge in [-0.2, -0.15) is 0 Å². The Hall–Kier alpha value is 0.440. The Morgan fingerprint density at radius 1 is 1.52 bits per heavy atom. The number of hydrogen-bond donors (Lipinski definition) is 2. The van der Waals surface area contributed by atoms with Gasteiger partial charge in [-0.25, -0.2) is 4.79 Å². The van der Waals surface area contributed by atoms with Crippen LogP contribution in [-0.2, 0) is 16.2 Å². The summed E-state index contributed by atoms with van der Waals surface area (Å²) in [6.07, 6.45) is 2.55. The average molecular weight is 354 g/mol. The first-order valence-electron chi connectivity index (χ1n) is 7.40. The molecular formula is C14H27NO3S3. The molecular weight excluding hydrogens is 326 g/mol. The lowest BCUT2D eigenvalue weighted by atomic mass is 10.1. The Labute approximate surface area is 139 Å². The van der Waals surface area contributed by atoms with E-state index < -0.39 is 26.2 Å². The Kier molecular flexibility index (Phi) is 7.25. The van der Waals surface area contributed by atoms with Gasteiger partial charge in [-0.3, -0.25) is 0 Å². The van der Waals surface area contributed by atoms with Gasteiger partial charge in [0.15, 0.2) is 4.08 Å². The van der Waals surface area contributed by atoms with Crippen LogP contribution in [0.5, 0.6) is 0 Å². The van der Waals surface area contributed by atoms with Crippen LogP contribution in [0.2, 0.25) is 0 Å². The van der Waals surface area contributed by atoms with E-state index in [1.54, 1.807) is 0 Å². The number of thioether (sulfide) groups is 2. The van der Waals surface area contributed by atoms with Crippen molar-refractivity contribution < 1.29 is 14.5 Å². The largest absolute Gasteiger partial charge is 0.598 e. The summed E-state index contributed by atoms with van der Waals surface area (Å²) in [6.45, 7) is 9.82. The van der Waals surface area contributed by atoms with Crippen molar-refractivity contribution in [1.29, 1.82) is 0 Å². The van der Waals surface area contributed by atoms with Crippen molar-refractivity contribution in [3.63, 3.8) is 0 Å². The van der Waals surface area contributed by atoms with Crippen LogP contribution in [0, 0.1) is 0 Å². The van der Waals surface area contributed by atoms with E-state index in [9.17, 15) is 14.5 Å². The van der Waals surface area contributed by atoms with E-state index in [2.05, 4.69) is 11.6 Å². The fourth-order valence-corrected chi connectivity index (χ4v) is 6.79. The second-order valence-electron chi connectivity index (χ2n) is 6.27. The molecule has 21 heavy (non-hydrogen) atoms. The number of hydrogen-bond acceptors (Lipinski definition) is 5. The number of nitrogens with one attached hydrogen (secondary N) is 1. The molecule has 0 bridgehead atoms. The molecule has 7 heteroatoms. The van der Waals surface area contributed by atoms with Gasteiger partial charge in [0.2, 0.25) is 0 Å². The van der Waals surface area contributed by atoms with E-state index in [0.717, 1.165) is 18.6 Å². The molecule has 0 aliphatic carbocycles. The van der Waals surface area contributed by atoms with E-state index in [1.165, 1.54) is 23.5 Å². The van der Waals surface area contributed by atoms with Gasteiger partial charge >= 0.3 is 5.97 Å². The van der Waals surface area contributed by atoms with E-state index in [1.807, 2.05) is 27.7 Å². The molecule has 4 atom stereocenters. The fourth-order valence-electron chi connectivity index (χ4n) is 2.10. The predicted octanol–water partition coefficient (Wildman–Crippen LogP) is 3.25. The average Bonchev–Trinajstić information content (AvgIpc) is 2.82. The molecule has 0 saturated carbocycles. The SMILES string of the molecule is CCCC(N[S+]([O-])C(C)(C)C)[C@]1(C(=O)O)SCC(CC)S1. The molecule has 1 fully saturated rings. The molecule has 0 amide bonds. The zero-order valence-electron chi connectivity index (χ0n) is 13.5. The van der Waals surface area contributed by atoms with Gasteiger partial charge in [-0.1, -0.05) is 20.3 Å². The van der Waals surface area contributed by atoms with Crippen molar-refractivity contribution in [2.45, 2.75) is 74.0 Å². The first kappa shape index (κ1) is 19.5. The molecule has 0 radical (unpaired) electrons. The van der Waals surface area contributed by atoms with Crippen molar-refractivity contribution in [2.24, 2.45) is 0 Å². The van der Waals surface area contributed by atoms with Crippen molar-refractivity contribution in [1.82, 2.24) is 4.72 Å². The van der Waals surface area contributed by atoms with E-state index >= 15 is 0 Å². The van der Waals surface area contributed by atoms with Crippen LogP contribution in [0.25, 0.3) is 0 Å². The van der Waals surface area contributed by atoms with Gasteiger partial charge < -0.3 is 9.66 Å². The van der Waals surface area contributed by atoms with Gasteiger partial charge in [0.1, 0.15) is 4.75 Å². The minimum atomic E-state index is -1.26. The standard InChI is InChI=1S/C14H27NO3S3/c1-6-8-11(15-21(18)13(3,4)5)14(12(16)17)19-9-10(7-2)20-14/h10-11,15H,6-9H2,1-5H3,(H,16,17)/t10?,11?,14-,21?/m0/s1. The predicted molar refractivity (Wildman–Crippen MR) is 94.2 cm³/mol. The second-order valence-corrected chi connectivity index (χ2v) is 11.3. The second kappa shape index (κ2) is 7.81. The summed E-state index contributed by atoms with van der Waals surface area (Å²) < 4.78 is 14.2. The molecule has 1 rings (SSSR count). The smallest absolute Gasteiger partial charge is 0.331 e. The minimum absolute atomic E-state index is 0.286. The lowest BCUT2D eigenvalue weighted by Gasteiger charge is -2.35. The monoisotopic (exact) mass is 353 g/mol. The number of carbonyl (C=O) groups is 1. The number of aliphatic carboxylic acids is 1. The molecule has 0 aromatic heterocycles. The normalized spacial score (nSPS) is 29.3. The van der Waals surface area contributed by atoms with Gasteiger partial charge in [-0.05, 0) is 33.6 Å². The topological polar surface area (TPSA) is 72.4 Å². The molecule has 124 valence electrons. The summed E-state index contributed by atoms with van der Waals surface area (Å²) in [4.78, 5) is 12.0. The molecule has 4 nitrogen and oxygen atoms in total. The summed E-state index contributed by atoms with van der Waals surface area (Å²) in [7, 11) is 0. The summed E-state index contributed by atoms with van der Waals surface area (Å²) in [5.41, 5.74) is 0. The Morgan fingerprint density at radius 3 is 2.52 bits per heavy atom. The van der Waals surface area contributed by atoms with E-state index in [0.29, 0.717) is 11.7 Å². The highest BCUT2D eigenvalue weighted by molar-refractivity contribution is 8.22. The van der Waals surface area contributed by atoms with Crippen LogP contribution in [-0.4, -0.2) is 41.5 Å². The van der Waals surface area contributed by atoms with E-state index in [-0.39, 0.29) is 6.04 Å². The molecule has 0 aromatic carbocycles. The molecule has 0 aromatic rings. The minimum Gasteiger partial charge on any atom is -0.598 e. The Morgan fingerprint density at radius 2 is 2.14 bits per heavy atom. The van der Waals surface area contributed by atoms with Gasteiger partial charge in [0.05, 0.1) is 6.04 Å². The Balaban J connectivity index is 2.97. The van der Waals surface area contributed by atoms with Crippen LogP contribution >= 0.6 is 23.5 Å². The lowest BCUT2D eigenvalue weighted by Crippen LogP contribution is -2.55. The maximum atomic E-state index is 12.4. The first-order chi connectivity index (χ1) is 9.67. The molecule has 1 saturated heterocycles. The third-order valence-electron chi connectivity index (χ3n) is 3.42. The summed E-state index contributed by atoms with van der Waals surface area (Å²) in [5.74, 6) is 0.0441. The van der Waals surface area contributed by atoms with Crippen LogP contribution in [0.3, 0.4) is 0 Å². The number of carboxylic acids is 1. The van der Waals surface area contributed by atoms with Gasteiger partial charge in [0.25, 0.3) is 0 Å². The van der Waals surface area contributed by atoms with Crippen LogP contribution in [0.4, 0.5) is 0 Å². The number of rotatable bonds is 7. The van der Waals surface area contributed by atoms with Gasteiger partial charge in [-0.15, -0.1) is 28.2 Å². The summed E-state index contributed by atoms with van der Waals surface area (Å²) in [6, 6.07) is -0.286. The highest BCUT2D eigenvalue weighted by atomic mass is 32.2. The van der Waals surface area contributed by atoms with Gasteiger partial charge in [0, 0.05) is 22.4 Å². The third kappa shape index (κ3) is 4.70. The summed E-state index contributed by atoms with van der Waals surface area (Å²) in [5, 5.41) is 10.2. The maximum absolute atomic E-state index is 12.4. The highest BCUT2D eigenvalue weighted by Gasteiger charge is 2.54.